The Hall–Kier alpha value is -2.87. The van der Waals surface area contributed by atoms with Crippen molar-refractivity contribution < 1.29 is 27.8 Å². The molecule has 3 aromatic rings. The third kappa shape index (κ3) is 3.85. The summed E-state index contributed by atoms with van der Waals surface area (Å²) in [5.41, 5.74) is 1.22. The van der Waals surface area contributed by atoms with Crippen LogP contribution in [0.2, 0.25) is 0 Å². The Morgan fingerprint density at radius 1 is 1.17 bits per heavy atom. The highest BCUT2D eigenvalue weighted by molar-refractivity contribution is 6.02. The molecule has 1 N–H and O–H groups in total. The summed E-state index contributed by atoms with van der Waals surface area (Å²) in [6.45, 7) is 0.597. The van der Waals surface area contributed by atoms with Gasteiger partial charge in [0.25, 0.3) is 0 Å². The van der Waals surface area contributed by atoms with Crippen LogP contribution >= 0.6 is 0 Å². The number of rotatable bonds is 4. The minimum atomic E-state index is -4.39. The molecule has 0 bridgehead atoms. The van der Waals surface area contributed by atoms with E-state index in [0.717, 1.165) is 31.4 Å². The molecule has 0 radical (unpaired) electrons. The summed E-state index contributed by atoms with van der Waals surface area (Å²) in [4.78, 5) is 11.8. The van der Waals surface area contributed by atoms with Crippen LogP contribution in [0.1, 0.15) is 52.7 Å². The van der Waals surface area contributed by atoms with Gasteiger partial charge in [-0.25, -0.2) is 9.48 Å². The maximum atomic E-state index is 12.8. The minimum absolute atomic E-state index is 0.0725. The van der Waals surface area contributed by atoms with E-state index in [0.29, 0.717) is 35.1 Å². The molecule has 0 saturated carbocycles. The van der Waals surface area contributed by atoms with E-state index in [1.807, 2.05) is 0 Å². The lowest BCUT2D eigenvalue weighted by atomic mass is 9.99. The van der Waals surface area contributed by atoms with E-state index in [-0.39, 0.29) is 11.9 Å². The number of alkyl halides is 3. The summed E-state index contributed by atoms with van der Waals surface area (Å²) in [6, 6.07) is 10.3. The predicted molar refractivity (Wildman–Crippen MR) is 99.8 cm³/mol. The standard InChI is InChI=1S/C21H19F3N2O3/c22-21(23,24)15-9-7-13(8-10-15)12-14-4-3-5-16-18(14)19(20(27)28)25-26(16)17-6-1-2-11-29-17/h3-5,7-10,17H,1-2,6,11-12H2,(H,27,28). The molecule has 29 heavy (non-hydrogen) atoms. The highest BCUT2D eigenvalue weighted by Crippen LogP contribution is 2.32. The van der Waals surface area contributed by atoms with Crippen LogP contribution in [-0.4, -0.2) is 27.5 Å². The number of carboxylic acid groups (broad SMARTS) is 1. The molecule has 1 fully saturated rings. The van der Waals surface area contributed by atoms with Crippen LogP contribution < -0.4 is 0 Å². The average Bonchev–Trinajstić information content (AvgIpc) is 3.09. The van der Waals surface area contributed by atoms with E-state index >= 15 is 0 Å². The fourth-order valence-corrected chi connectivity index (χ4v) is 3.73. The highest BCUT2D eigenvalue weighted by Gasteiger charge is 2.30. The zero-order valence-corrected chi connectivity index (χ0v) is 15.4. The molecule has 2 aromatic carbocycles. The van der Waals surface area contributed by atoms with E-state index in [1.54, 1.807) is 22.9 Å². The van der Waals surface area contributed by atoms with Crippen molar-refractivity contribution in [3.8, 4) is 0 Å². The second-order valence-corrected chi connectivity index (χ2v) is 7.10. The minimum Gasteiger partial charge on any atom is -0.476 e. The van der Waals surface area contributed by atoms with Crippen LogP contribution in [0.4, 0.5) is 13.2 Å². The number of fused-ring (bicyclic) bond motifs is 1. The molecule has 1 atom stereocenters. The second-order valence-electron chi connectivity index (χ2n) is 7.10. The molecular weight excluding hydrogens is 385 g/mol. The Balaban J connectivity index is 1.75. The van der Waals surface area contributed by atoms with Crippen molar-refractivity contribution in [3.63, 3.8) is 0 Å². The van der Waals surface area contributed by atoms with Gasteiger partial charge in [-0.15, -0.1) is 0 Å². The molecule has 152 valence electrons. The largest absolute Gasteiger partial charge is 0.476 e. The van der Waals surface area contributed by atoms with Gasteiger partial charge in [0.1, 0.15) is 0 Å². The smallest absolute Gasteiger partial charge is 0.416 e. The first-order valence-corrected chi connectivity index (χ1v) is 9.36. The van der Waals surface area contributed by atoms with Crippen molar-refractivity contribution in [2.45, 2.75) is 38.1 Å². The molecule has 0 aliphatic carbocycles. The van der Waals surface area contributed by atoms with Crippen LogP contribution in [0, 0.1) is 0 Å². The number of ether oxygens (including phenoxy) is 1. The summed E-state index contributed by atoms with van der Waals surface area (Å²) in [5, 5.41) is 14.5. The maximum Gasteiger partial charge on any atom is 0.416 e. The normalized spacial score (nSPS) is 17.6. The lowest BCUT2D eigenvalue weighted by Crippen LogP contribution is -2.19. The van der Waals surface area contributed by atoms with Gasteiger partial charge >= 0.3 is 12.1 Å². The van der Waals surface area contributed by atoms with Crippen molar-refractivity contribution >= 4 is 16.9 Å². The number of hydrogen-bond acceptors (Lipinski definition) is 3. The Kier molecular flexibility index (Phi) is 5.04. The molecule has 1 aromatic heterocycles. The number of nitrogens with zero attached hydrogens (tertiary/aromatic N) is 2. The SMILES string of the molecule is O=C(O)c1nn(C2CCCCO2)c2cccc(Cc3ccc(C(F)(F)F)cc3)c12. The number of hydrogen-bond donors (Lipinski definition) is 1. The molecule has 5 nitrogen and oxygen atoms in total. The monoisotopic (exact) mass is 404 g/mol. The first-order chi connectivity index (χ1) is 13.8. The molecule has 2 heterocycles. The van der Waals surface area contributed by atoms with Gasteiger partial charge in [0.05, 0.1) is 11.1 Å². The summed E-state index contributed by atoms with van der Waals surface area (Å²) in [7, 11) is 0. The zero-order chi connectivity index (χ0) is 20.6. The number of benzene rings is 2. The number of carbonyl (C=O) groups is 1. The molecule has 1 unspecified atom stereocenters. The van der Waals surface area contributed by atoms with Gasteiger partial charge in [0, 0.05) is 12.0 Å². The van der Waals surface area contributed by atoms with Crippen LogP contribution in [0.5, 0.6) is 0 Å². The van der Waals surface area contributed by atoms with Gasteiger partial charge in [0.15, 0.2) is 11.9 Å². The molecule has 0 spiro atoms. The van der Waals surface area contributed by atoms with Crippen LogP contribution in [0.25, 0.3) is 10.9 Å². The van der Waals surface area contributed by atoms with Crippen LogP contribution in [0.3, 0.4) is 0 Å². The second kappa shape index (κ2) is 7.51. The molecule has 1 aliphatic heterocycles. The third-order valence-corrected chi connectivity index (χ3v) is 5.13. The van der Waals surface area contributed by atoms with Gasteiger partial charge in [-0.05, 0) is 55.0 Å². The number of aromatic nitrogens is 2. The predicted octanol–water partition coefficient (Wildman–Crippen LogP) is 5.04. The van der Waals surface area contributed by atoms with Crippen molar-refractivity contribution in [1.29, 1.82) is 0 Å². The lowest BCUT2D eigenvalue weighted by Gasteiger charge is -2.23. The Morgan fingerprint density at radius 3 is 2.55 bits per heavy atom. The highest BCUT2D eigenvalue weighted by atomic mass is 19.4. The molecule has 1 aliphatic rings. The molecule has 4 rings (SSSR count). The maximum absolute atomic E-state index is 12.8. The molecule has 0 amide bonds. The summed E-state index contributed by atoms with van der Waals surface area (Å²) in [6.07, 6.45) is -1.73. The molecular formula is C21H19F3N2O3. The van der Waals surface area contributed by atoms with E-state index in [4.69, 9.17) is 4.74 Å². The van der Waals surface area contributed by atoms with Gasteiger partial charge in [-0.3, -0.25) is 0 Å². The summed E-state index contributed by atoms with van der Waals surface area (Å²) >= 11 is 0. The Morgan fingerprint density at radius 2 is 1.93 bits per heavy atom. The van der Waals surface area contributed by atoms with Crippen molar-refractivity contribution in [1.82, 2.24) is 9.78 Å². The summed E-state index contributed by atoms with van der Waals surface area (Å²) in [5.74, 6) is -1.15. The number of halogens is 3. The number of aromatic carboxylic acids is 1. The molecule has 8 heteroatoms. The Labute approximate surface area is 164 Å². The quantitative estimate of drug-likeness (QED) is 0.662. The third-order valence-electron chi connectivity index (χ3n) is 5.13. The Bertz CT molecular complexity index is 1040. The number of carboxylic acids is 1. The van der Waals surface area contributed by atoms with Crippen molar-refractivity contribution in [2.24, 2.45) is 0 Å². The first-order valence-electron chi connectivity index (χ1n) is 9.36. The van der Waals surface area contributed by atoms with E-state index in [9.17, 15) is 23.1 Å². The topological polar surface area (TPSA) is 64.3 Å². The van der Waals surface area contributed by atoms with Crippen LogP contribution in [0.15, 0.2) is 42.5 Å². The van der Waals surface area contributed by atoms with Gasteiger partial charge in [-0.2, -0.15) is 18.3 Å². The fourth-order valence-electron chi connectivity index (χ4n) is 3.73. The van der Waals surface area contributed by atoms with Gasteiger partial charge < -0.3 is 9.84 Å². The summed E-state index contributed by atoms with van der Waals surface area (Å²) < 4.78 is 45.8. The first kappa shape index (κ1) is 19.4. The van der Waals surface area contributed by atoms with Gasteiger partial charge in [-0.1, -0.05) is 24.3 Å². The van der Waals surface area contributed by atoms with Crippen molar-refractivity contribution in [2.75, 3.05) is 6.61 Å². The van der Waals surface area contributed by atoms with Gasteiger partial charge in [0.2, 0.25) is 0 Å². The lowest BCUT2D eigenvalue weighted by molar-refractivity contribution is -0.137. The van der Waals surface area contributed by atoms with Crippen LogP contribution in [-0.2, 0) is 17.3 Å². The molecule has 1 saturated heterocycles. The van der Waals surface area contributed by atoms with E-state index < -0.39 is 17.7 Å². The fraction of sp³-hybridized carbons (Fsp3) is 0.333. The van der Waals surface area contributed by atoms with E-state index in [2.05, 4.69) is 5.10 Å². The van der Waals surface area contributed by atoms with E-state index in [1.165, 1.54) is 12.1 Å². The average molecular weight is 404 g/mol. The zero-order valence-electron chi connectivity index (χ0n) is 15.4. The van der Waals surface area contributed by atoms with Crippen molar-refractivity contribution in [3.05, 3.63) is 64.8 Å².